The molecule has 168 valence electrons. The molecule has 1 aliphatic heterocycles. The number of ether oxygens (including phenoxy) is 1. The van der Waals surface area contributed by atoms with Gasteiger partial charge in [-0.15, -0.1) is 0 Å². The molecule has 0 atom stereocenters. The largest absolute Gasteiger partial charge is 0.495 e. The van der Waals surface area contributed by atoms with E-state index < -0.39 is 0 Å². The van der Waals surface area contributed by atoms with Gasteiger partial charge in [-0.25, -0.2) is 9.97 Å². The van der Waals surface area contributed by atoms with Crippen LogP contribution in [0.5, 0.6) is 5.75 Å². The summed E-state index contributed by atoms with van der Waals surface area (Å²) in [4.78, 5) is 11.6. The molecule has 0 amide bonds. The summed E-state index contributed by atoms with van der Waals surface area (Å²) in [5.74, 6) is 1.19. The second-order valence-corrected chi connectivity index (χ2v) is 8.44. The molecule has 3 heterocycles. The van der Waals surface area contributed by atoms with E-state index in [2.05, 4.69) is 51.2 Å². The zero-order valence-electron chi connectivity index (χ0n) is 19.2. The molecule has 0 spiro atoms. The highest BCUT2D eigenvalue weighted by atomic mass is 16.5. The SMILES string of the molecule is COc1cc(C2=CCN(C)CC2)c(Nc2nccc(-c3cn(C)c4ccccc34)n2)cc1N. The molecule has 0 radical (unpaired) electrons. The van der Waals surface area contributed by atoms with Gasteiger partial charge in [-0.3, -0.25) is 0 Å². The summed E-state index contributed by atoms with van der Waals surface area (Å²) in [6, 6.07) is 14.2. The van der Waals surface area contributed by atoms with Crippen LogP contribution in [-0.4, -0.2) is 46.7 Å². The number of fused-ring (bicyclic) bond motifs is 1. The van der Waals surface area contributed by atoms with Gasteiger partial charge in [0, 0.05) is 54.6 Å². The van der Waals surface area contributed by atoms with Crippen molar-refractivity contribution in [2.75, 3.05) is 38.3 Å². The zero-order chi connectivity index (χ0) is 22.9. The van der Waals surface area contributed by atoms with Crippen LogP contribution >= 0.6 is 0 Å². The Hall–Kier alpha value is -3.84. The second kappa shape index (κ2) is 8.60. The first-order valence-electron chi connectivity index (χ1n) is 11.0. The molecule has 2 aromatic heterocycles. The Morgan fingerprint density at radius 1 is 1.09 bits per heavy atom. The van der Waals surface area contributed by atoms with Gasteiger partial charge < -0.3 is 25.3 Å². The fraction of sp³-hybridized carbons (Fsp3) is 0.231. The molecule has 1 aliphatic rings. The second-order valence-electron chi connectivity index (χ2n) is 8.44. The normalized spacial score (nSPS) is 14.3. The number of hydrogen-bond donors (Lipinski definition) is 2. The van der Waals surface area contributed by atoms with E-state index in [1.165, 1.54) is 11.1 Å². The maximum Gasteiger partial charge on any atom is 0.227 e. The van der Waals surface area contributed by atoms with Crippen LogP contribution < -0.4 is 15.8 Å². The van der Waals surface area contributed by atoms with Gasteiger partial charge in [-0.1, -0.05) is 24.3 Å². The number of nitrogens with two attached hydrogens (primary N) is 1. The molecule has 4 aromatic rings. The van der Waals surface area contributed by atoms with Crippen molar-refractivity contribution in [3.63, 3.8) is 0 Å². The van der Waals surface area contributed by atoms with Crippen molar-refractivity contribution in [2.45, 2.75) is 6.42 Å². The smallest absolute Gasteiger partial charge is 0.227 e. The topological polar surface area (TPSA) is 81.2 Å². The number of likely N-dealkylation sites (N-methyl/N-ethyl adjacent to an activating group) is 1. The number of benzene rings is 2. The first kappa shape index (κ1) is 21.0. The van der Waals surface area contributed by atoms with Crippen molar-refractivity contribution in [3.05, 3.63) is 66.5 Å². The predicted octanol–water partition coefficient (Wildman–Crippen LogP) is 4.69. The van der Waals surface area contributed by atoms with Gasteiger partial charge in [0.15, 0.2) is 0 Å². The molecular formula is C26H28N6O. The molecule has 3 N–H and O–H groups in total. The lowest BCUT2D eigenvalue weighted by Crippen LogP contribution is -2.23. The minimum atomic E-state index is 0.528. The molecule has 2 aromatic carbocycles. The maximum atomic E-state index is 6.26. The molecule has 0 bridgehead atoms. The summed E-state index contributed by atoms with van der Waals surface area (Å²) in [5, 5.41) is 4.58. The number of anilines is 3. The summed E-state index contributed by atoms with van der Waals surface area (Å²) in [7, 11) is 5.82. The summed E-state index contributed by atoms with van der Waals surface area (Å²) in [5.41, 5.74) is 13.1. The van der Waals surface area contributed by atoms with Crippen LogP contribution in [0.2, 0.25) is 0 Å². The van der Waals surface area contributed by atoms with Crippen LogP contribution in [0.15, 0.2) is 60.9 Å². The van der Waals surface area contributed by atoms with Crippen molar-refractivity contribution in [2.24, 2.45) is 7.05 Å². The van der Waals surface area contributed by atoms with E-state index >= 15 is 0 Å². The van der Waals surface area contributed by atoms with Crippen molar-refractivity contribution in [3.8, 4) is 17.0 Å². The minimum Gasteiger partial charge on any atom is -0.495 e. The first-order chi connectivity index (χ1) is 16.0. The number of hydrogen-bond acceptors (Lipinski definition) is 6. The average Bonchev–Trinajstić information content (AvgIpc) is 3.17. The van der Waals surface area contributed by atoms with Crippen LogP contribution in [0.3, 0.4) is 0 Å². The van der Waals surface area contributed by atoms with E-state index in [1.807, 2.05) is 37.4 Å². The molecule has 7 heteroatoms. The zero-order valence-corrected chi connectivity index (χ0v) is 19.2. The summed E-state index contributed by atoms with van der Waals surface area (Å²) < 4.78 is 7.62. The lowest BCUT2D eigenvalue weighted by atomic mass is 9.97. The molecule has 0 saturated carbocycles. The van der Waals surface area contributed by atoms with Gasteiger partial charge >= 0.3 is 0 Å². The quantitative estimate of drug-likeness (QED) is 0.438. The van der Waals surface area contributed by atoms with E-state index in [-0.39, 0.29) is 0 Å². The molecule has 5 rings (SSSR count). The number of methoxy groups -OCH3 is 1. The van der Waals surface area contributed by atoms with E-state index in [9.17, 15) is 0 Å². The number of para-hydroxylation sites is 1. The maximum absolute atomic E-state index is 6.26. The molecule has 0 saturated heterocycles. The van der Waals surface area contributed by atoms with Gasteiger partial charge in [0.05, 0.1) is 24.2 Å². The van der Waals surface area contributed by atoms with Crippen LogP contribution in [-0.2, 0) is 7.05 Å². The molecule has 0 unspecified atom stereocenters. The van der Waals surface area contributed by atoms with Crippen molar-refractivity contribution >= 4 is 33.8 Å². The standard InChI is InChI=1S/C26H28N6O/c1-31-12-9-17(10-13-31)19-14-25(33-3)21(27)15-23(19)30-26-28-11-8-22(29-26)20-16-32(2)24-7-5-4-6-18(20)24/h4-9,11,14-16H,10,12-13,27H2,1-3H3,(H,28,29,30). The van der Waals surface area contributed by atoms with E-state index in [4.69, 9.17) is 15.5 Å². The Labute approximate surface area is 193 Å². The van der Waals surface area contributed by atoms with Gasteiger partial charge in [-0.05, 0) is 43.3 Å². The molecule has 0 fully saturated rings. The summed E-state index contributed by atoms with van der Waals surface area (Å²) in [6.45, 7) is 1.92. The number of rotatable bonds is 5. The monoisotopic (exact) mass is 440 g/mol. The van der Waals surface area contributed by atoms with Crippen LogP contribution in [0, 0.1) is 0 Å². The Morgan fingerprint density at radius 3 is 2.73 bits per heavy atom. The summed E-state index contributed by atoms with van der Waals surface area (Å²) in [6.07, 6.45) is 7.10. The highest BCUT2D eigenvalue weighted by molar-refractivity contribution is 5.95. The number of nitrogen functional groups attached to an aromatic ring is 1. The number of aryl methyl sites for hydroxylation is 1. The number of aromatic nitrogens is 3. The molecule has 0 aliphatic carbocycles. The number of nitrogens with one attached hydrogen (secondary N) is 1. The van der Waals surface area contributed by atoms with Crippen LogP contribution in [0.4, 0.5) is 17.3 Å². The third-order valence-electron chi connectivity index (χ3n) is 6.20. The Bertz CT molecular complexity index is 1360. The first-order valence-corrected chi connectivity index (χ1v) is 11.0. The summed E-state index contributed by atoms with van der Waals surface area (Å²) >= 11 is 0. The highest BCUT2D eigenvalue weighted by Gasteiger charge is 2.17. The average molecular weight is 441 g/mol. The predicted molar refractivity (Wildman–Crippen MR) is 135 cm³/mol. The van der Waals surface area contributed by atoms with Gasteiger partial charge in [0.1, 0.15) is 5.75 Å². The molecule has 7 nitrogen and oxygen atoms in total. The van der Waals surface area contributed by atoms with Gasteiger partial charge in [0.2, 0.25) is 5.95 Å². The molecular weight excluding hydrogens is 412 g/mol. The van der Waals surface area contributed by atoms with Gasteiger partial charge in [-0.2, -0.15) is 0 Å². The number of nitrogens with zero attached hydrogens (tertiary/aromatic N) is 4. The Kier molecular flexibility index (Phi) is 5.48. The van der Waals surface area contributed by atoms with E-state index in [1.54, 1.807) is 13.3 Å². The van der Waals surface area contributed by atoms with Crippen molar-refractivity contribution in [1.29, 1.82) is 0 Å². The third-order valence-corrected chi connectivity index (χ3v) is 6.20. The van der Waals surface area contributed by atoms with Crippen molar-refractivity contribution in [1.82, 2.24) is 19.4 Å². The van der Waals surface area contributed by atoms with E-state index in [0.29, 0.717) is 17.4 Å². The minimum absolute atomic E-state index is 0.528. The van der Waals surface area contributed by atoms with Crippen LogP contribution in [0.1, 0.15) is 12.0 Å². The fourth-order valence-corrected chi connectivity index (χ4v) is 4.39. The highest BCUT2D eigenvalue weighted by Crippen LogP contribution is 2.37. The lowest BCUT2D eigenvalue weighted by molar-refractivity contribution is 0.370. The molecule has 33 heavy (non-hydrogen) atoms. The third kappa shape index (κ3) is 4.03. The van der Waals surface area contributed by atoms with Crippen molar-refractivity contribution < 1.29 is 4.74 Å². The van der Waals surface area contributed by atoms with Gasteiger partial charge in [0.25, 0.3) is 0 Å². The lowest BCUT2D eigenvalue weighted by Gasteiger charge is -2.24. The Morgan fingerprint density at radius 2 is 1.94 bits per heavy atom. The van der Waals surface area contributed by atoms with E-state index in [0.717, 1.165) is 47.4 Å². The fourth-order valence-electron chi connectivity index (χ4n) is 4.39. The Balaban J connectivity index is 1.54. The van der Waals surface area contributed by atoms with Crippen LogP contribution in [0.25, 0.3) is 27.7 Å².